The van der Waals surface area contributed by atoms with Crippen molar-refractivity contribution in [2.75, 3.05) is 5.32 Å². The third-order valence-electron chi connectivity index (χ3n) is 3.60. The quantitative estimate of drug-likeness (QED) is 0.629. The number of Topliss-reactive ketones (excluding diaryl/α,β-unsaturated/α-hetero) is 1. The van der Waals surface area contributed by atoms with E-state index < -0.39 is 6.09 Å². The molecule has 5 heteroatoms. The molecular formula is C20H17NO3S. The van der Waals surface area contributed by atoms with Crippen molar-refractivity contribution in [1.29, 1.82) is 0 Å². The number of hydrogen-bond acceptors (Lipinski definition) is 4. The van der Waals surface area contributed by atoms with Gasteiger partial charge in [0.2, 0.25) is 0 Å². The van der Waals surface area contributed by atoms with Crippen LogP contribution in [0.15, 0.2) is 66.7 Å². The molecular weight excluding hydrogens is 334 g/mol. The lowest BCUT2D eigenvalue weighted by Crippen LogP contribution is -2.14. The molecule has 126 valence electrons. The number of carbonyl (C=O) groups excluding carboxylic acids is 2. The Kier molecular flexibility index (Phi) is 5.26. The number of ketones is 1. The molecule has 1 amide bonds. The standard InChI is InChI=1S/C20H17NO3S/c1-14(22)17-12-18(16-10-6-3-7-11-16)25-19(17)21-20(23)24-13-15-8-4-2-5-9-15/h2-12H,13H2,1H3,(H,21,23). The summed E-state index contributed by atoms with van der Waals surface area (Å²) in [6.45, 7) is 1.66. The zero-order chi connectivity index (χ0) is 17.6. The zero-order valence-electron chi connectivity index (χ0n) is 13.7. The van der Waals surface area contributed by atoms with Gasteiger partial charge in [-0.2, -0.15) is 0 Å². The molecule has 3 rings (SSSR count). The molecule has 0 aliphatic heterocycles. The van der Waals surface area contributed by atoms with E-state index >= 15 is 0 Å². The maximum atomic E-state index is 12.1. The highest BCUT2D eigenvalue weighted by Crippen LogP contribution is 2.35. The van der Waals surface area contributed by atoms with Crippen LogP contribution in [0.3, 0.4) is 0 Å². The van der Waals surface area contributed by atoms with Crippen molar-refractivity contribution in [2.45, 2.75) is 13.5 Å². The average Bonchev–Trinajstić information content (AvgIpc) is 3.06. The molecule has 0 atom stereocenters. The van der Waals surface area contributed by atoms with E-state index in [9.17, 15) is 9.59 Å². The molecule has 25 heavy (non-hydrogen) atoms. The highest BCUT2D eigenvalue weighted by atomic mass is 32.1. The first-order valence-electron chi connectivity index (χ1n) is 7.81. The molecule has 0 saturated heterocycles. The Morgan fingerprint density at radius 2 is 1.64 bits per heavy atom. The highest BCUT2D eigenvalue weighted by molar-refractivity contribution is 7.20. The van der Waals surface area contributed by atoms with E-state index in [4.69, 9.17) is 4.74 Å². The maximum absolute atomic E-state index is 12.1. The van der Waals surface area contributed by atoms with E-state index in [1.54, 1.807) is 6.07 Å². The molecule has 2 aromatic carbocycles. The number of benzene rings is 2. The average molecular weight is 351 g/mol. The molecule has 0 aliphatic rings. The van der Waals surface area contributed by atoms with Gasteiger partial charge in [-0.15, -0.1) is 11.3 Å². The van der Waals surface area contributed by atoms with Crippen molar-refractivity contribution < 1.29 is 14.3 Å². The smallest absolute Gasteiger partial charge is 0.412 e. The molecule has 1 aromatic heterocycles. The van der Waals surface area contributed by atoms with Crippen LogP contribution in [0.25, 0.3) is 10.4 Å². The predicted molar refractivity (Wildman–Crippen MR) is 100 cm³/mol. The number of hydrogen-bond donors (Lipinski definition) is 1. The normalized spacial score (nSPS) is 10.3. The van der Waals surface area contributed by atoms with Crippen LogP contribution >= 0.6 is 11.3 Å². The van der Waals surface area contributed by atoms with Gasteiger partial charge in [0, 0.05) is 4.88 Å². The first-order valence-corrected chi connectivity index (χ1v) is 8.63. The molecule has 1 N–H and O–H groups in total. The number of thiophene rings is 1. The van der Waals surface area contributed by atoms with Crippen molar-refractivity contribution in [2.24, 2.45) is 0 Å². The van der Waals surface area contributed by atoms with Gasteiger partial charge in [0.15, 0.2) is 5.78 Å². The molecule has 0 fully saturated rings. The summed E-state index contributed by atoms with van der Waals surface area (Å²) in [4.78, 5) is 24.9. The van der Waals surface area contributed by atoms with Crippen molar-refractivity contribution >= 4 is 28.2 Å². The minimum atomic E-state index is -0.576. The second-order valence-electron chi connectivity index (χ2n) is 5.46. The van der Waals surface area contributed by atoms with Gasteiger partial charge in [-0.25, -0.2) is 4.79 Å². The molecule has 0 radical (unpaired) electrons. The fraction of sp³-hybridized carbons (Fsp3) is 0.100. The number of anilines is 1. The molecule has 0 spiro atoms. The Balaban J connectivity index is 1.73. The van der Waals surface area contributed by atoms with E-state index in [-0.39, 0.29) is 12.4 Å². The monoisotopic (exact) mass is 351 g/mol. The van der Waals surface area contributed by atoms with Gasteiger partial charge in [0.25, 0.3) is 0 Å². The number of amides is 1. The summed E-state index contributed by atoms with van der Waals surface area (Å²) in [7, 11) is 0. The Labute approximate surface area is 150 Å². The number of rotatable bonds is 5. The molecule has 0 bridgehead atoms. The lowest BCUT2D eigenvalue weighted by Gasteiger charge is -2.06. The summed E-state index contributed by atoms with van der Waals surface area (Å²) < 4.78 is 5.23. The van der Waals surface area contributed by atoms with Crippen molar-refractivity contribution in [3.63, 3.8) is 0 Å². The molecule has 1 heterocycles. The van der Waals surface area contributed by atoms with E-state index in [2.05, 4.69) is 5.32 Å². The summed E-state index contributed by atoms with van der Waals surface area (Å²) in [5.74, 6) is -0.100. The van der Waals surface area contributed by atoms with E-state index in [0.717, 1.165) is 16.0 Å². The molecule has 0 unspecified atom stereocenters. The van der Waals surface area contributed by atoms with Gasteiger partial charge in [0.1, 0.15) is 11.6 Å². The van der Waals surface area contributed by atoms with Gasteiger partial charge >= 0.3 is 6.09 Å². The highest BCUT2D eigenvalue weighted by Gasteiger charge is 2.16. The fourth-order valence-electron chi connectivity index (χ4n) is 2.34. The Hall–Kier alpha value is -2.92. The third-order valence-corrected chi connectivity index (χ3v) is 4.70. The SMILES string of the molecule is CC(=O)c1cc(-c2ccccc2)sc1NC(=O)OCc1ccccc1. The van der Waals surface area contributed by atoms with Crippen LogP contribution in [0.5, 0.6) is 0 Å². The molecule has 4 nitrogen and oxygen atoms in total. The van der Waals surface area contributed by atoms with Crippen LogP contribution in [0.1, 0.15) is 22.8 Å². The lowest BCUT2D eigenvalue weighted by atomic mass is 10.1. The van der Waals surface area contributed by atoms with Gasteiger partial charge in [0.05, 0.1) is 5.56 Å². The van der Waals surface area contributed by atoms with Gasteiger partial charge in [-0.3, -0.25) is 10.1 Å². The van der Waals surface area contributed by atoms with Crippen LogP contribution in [0.4, 0.5) is 9.80 Å². The minimum absolute atomic E-state index is 0.100. The maximum Gasteiger partial charge on any atom is 0.412 e. The second-order valence-corrected chi connectivity index (χ2v) is 6.51. The Morgan fingerprint density at radius 3 is 2.28 bits per heavy atom. The predicted octanol–water partition coefficient (Wildman–Crippen LogP) is 5.37. The first kappa shape index (κ1) is 16.9. The fourth-order valence-corrected chi connectivity index (χ4v) is 3.44. The number of nitrogens with one attached hydrogen (secondary N) is 1. The van der Waals surface area contributed by atoms with E-state index in [0.29, 0.717) is 10.6 Å². The Bertz CT molecular complexity index is 872. The summed E-state index contributed by atoms with van der Waals surface area (Å²) in [6, 6.07) is 21.0. The van der Waals surface area contributed by atoms with Crippen LogP contribution in [0.2, 0.25) is 0 Å². The Morgan fingerprint density at radius 1 is 1.00 bits per heavy atom. The van der Waals surface area contributed by atoms with Crippen LogP contribution in [0, 0.1) is 0 Å². The van der Waals surface area contributed by atoms with Crippen LogP contribution < -0.4 is 5.32 Å². The van der Waals surface area contributed by atoms with Crippen LogP contribution in [-0.2, 0) is 11.3 Å². The van der Waals surface area contributed by atoms with Gasteiger partial charge in [-0.05, 0) is 24.1 Å². The largest absolute Gasteiger partial charge is 0.444 e. The van der Waals surface area contributed by atoms with Gasteiger partial charge < -0.3 is 4.74 Å². The van der Waals surface area contributed by atoms with Crippen molar-refractivity contribution in [3.05, 3.63) is 77.9 Å². The number of carbonyl (C=O) groups is 2. The summed E-state index contributed by atoms with van der Waals surface area (Å²) in [6.07, 6.45) is -0.576. The summed E-state index contributed by atoms with van der Waals surface area (Å²) >= 11 is 1.36. The molecule has 0 saturated carbocycles. The third kappa shape index (κ3) is 4.33. The molecule has 3 aromatic rings. The second kappa shape index (κ2) is 7.77. The number of ether oxygens (including phenoxy) is 1. The van der Waals surface area contributed by atoms with E-state index in [1.165, 1.54) is 18.3 Å². The van der Waals surface area contributed by atoms with E-state index in [1.807, 2.05) is 60.7 Å². The first-order chi connectivity index (χ1) is 12.1. The van der Waals surface area contributed by atoms with Crippen molar-refractivity contribution in [1.82, 2.24) is 0 Å². The molecule has 0 aliphatic carbocycles. The van der Waals surface area contributed by atoms with Gasteiger partial charge in [-0.1, -0.05) is 60.7 Å². The lowest BCUT2D eigenvalue weighted by molar-refractivity contribution is 0.101. The van der Waals surface area contributed by atoms with Crippen LogP contribution in [-0.4, -0.2) is 11.9 Å². The summed E-state index contributed by atoms with van der Waals surface area (Å²) in [5, 5.41) is 3.19. The summed E-state index contributed by atoms with van der Waals surface area (Å²) in [5.41, 5.74) is 2.39. The topological polar surface area (TPSA) is 55.4 Å². The van der Waals surface area contributed by atoms with Crippen molar-refractivity contribution in [3.8, 4) is 10.4 Å². The minimum Gasteiger partial charge on any atom is -0.444 e. The zero-order valence-corrected chi connectivity index (χ0v) is 14.5.